The summed E-state index contributed by atoms with van der Waals surface area (Å²) >= 11 is 0. The Morgan fingerprint density at radius 3 is 2.28 bits per heavy atom. The minimum Gasteiger partial charge on any atom is -0.372 e. The summed E-state index contributed by atoms with van der Waals surface area (Å²) in [6.45, 7) is 1.07. The van der Waals surface area contributed by atoms with Gasteiger partial charge in [0.2, 0.25) is 10.0 Å². The molecule has 1 N–H and O–H groups in total. The average molecular weight is 457 g/mol. The van der Waals surface area contributed by atoms with Crippen molar-refractivity contribution in [3.63, 3.8) is 0 Å². The molecule has 0 unspecified atom stereocenters. The first-order valence-electron chi connectivity index (χ1n) is 9.98. The van der Waals surface area contributed by atoms with Crippen LogP contribution in [0.4, 0.5) is 4.39 Å². The highest BCUT2D eigenvalue weighted by molar-refractivity contribution is 7.89. The van der Waals surface area contributed by atoms with Crippen molar-refractivity contribution >= 4 is 15.9 Å². The number of halogens is 1. The van der Waals surface area contributed by atoms with Gasteiger partial charge in [0.25, 0.3) is 5.91 Å². The van der Waals surface area contributed by atoms with Crippen LogP contribution in [0.1, 0.15) is 27.0 Å². The fourth-order valence-electron chi connectivity index (χ4n) is 3.04. The number of nitrogens with zero attached hydrogens (tertiary/aromatic N) is 1. The fraction of sp³-hybridized carbons (Fsp3) is 0.208. The quantitative estimate of drug-likeness (QED) is 0.533. The molecule has 0 spiro atoms. The van der Waals surface area contributed by atoms with E-state index in [0.717, 1.165) is 33.1 Å². The van der Waals surface area contributed by atoms with Crippen molar-refractivity contribution in [2.24, 2.45) is 0 Å². The zero-order valence-corrected chi connectivity index (χ0v) is 18.7. The molecular weight excluding hydrogens is 431 g/mol. The van der Waals surface area contributed by atoms with Gasteiger partial charge in [-0.2, -0.15) is 0 Å². The van der Waals surface area contributed by atoms with Crippen molar-refractivity contribution in [3.05, 3.63) is 101 Å². The lowest BCUT2D eigenvalue weighted by Crippen LogP contribution is -2.26. The van der Waals surface area contributed by atoms with Gasteiger partial charge in [-0.1, -0.05) is 54.6 Å². The Hall–Kier alpha value is -3.07. The molecule has 0 radical (unpaired) electrons. The molecule has 0 aliphatic rings. The van der Waals surface area contributed by atoms with Gasteiger partial charge < -0.3 is 10.1 Å². The number of sulfonamides is 1. The van der Waals surface area contributed by atoms with Crippen LogP contribution >= 0.6 is 0 Å². The molecule has 0 aliphatic heterocycles. The summed E-state index contributed by atoms with van der Waals surface area (Å²) in [5.41, 5.74) is 2.93. The number of carbonyl (C=O) groups is 1. The molecule has 3 aromatic carbocycles. The van der Waals surface area contributed by atoms with Crippen LogP contribution in [-0.4, -0.2) is 32.7 Å². The van der Waals surface area contributed by atoms with Gasteiger partial charge in [0.1, 0.15) is 10.7 Å². The smallest absolute Gasteiger partial charge is 0.251 e. The lowest BCUT2D eigenvalue weighted by atomic mass is 10.1. The van der Waals surface area contributed by atoms with Crippen molar-refractivity contribution in [2.45, 2.75) is 24.7 Å². The minimum atomic E-state index is -4.01. The normalized spacial score (nSPS) is 11.5. The average Bonchev–Trinajstić information content (AvgIpc) is 2.79. The Morgan fingerprint density at radius 2 is 1.59 bits per heavy atom. The number of amides is 1. The molecule has 0 atom stereocenters. The van der Waals surface area contributed by atoms with E-state index in [1.807, 2.05) is 54.6 Å². The Bertz CT molecular complexity index is 1180. The van der Waals surface area contributed by atoms with Gasteiger partial charge in [-0.3, -0.25) is 4.79 Å². The number of hydrogen-bond donors (Lipinski definition) is 1. The zero-order valence-electron chi connectivity index (χ0n) is 17.9. The summed E-state index contributed by atoms with van der Waals surface area (Å²) in [6, 6.07) is 20.7. The van der Waals surface area contributed by atoms with Crippen molar-refractivity contribution < 1.29 is 22.3 Å². The highest BCUT2D eigenvalue weighted by Crippen LogP contribution is 2.19. The second-order valence-corrected chi connectivity index (χ2v) is 9.48. The van der Waals surface area contributed by atoms with Gasteiger partial charge in [0, 0.05) is 26.2 Å². The predicted molar refractivity (Wildman–Crippen MR) is 120 cm³/mol. The van der Waals surface area contributed by atoms with Crippen LogP contribution in [0.15, 0.2) is 77.7 Å². The maximum atomic E-state index is 14.1. The molecule has 1 amide bonds. The minimum absolute atomic E-state index is 0.0598. The standard InChI is InChI=1S/C24H25FN2O4S/c1-27(2)32(29,30)23-14-19(12-13-22(23)25)24(28)26-15-20-10-6-7-11-21(20)17-31-16-18-8-4-3-5-9-18/h3-14H,15-17H2,1-2H3,(H,26,28). The molecule has 0 bridgehead atoms. The van der Waals surface area contributed by atoms with E-state index >= 15 is 0 Å². The van der Waals surface area contributed by atoms with E-state index in [0.29, 0.717) is 13.2 Å². The Morgan fingerprint density at radius 1 is 0.938 bits per heavy atom. The first-order valence-corrected chi connectivity index (χ1v) is 11.4. The third kappa shape index (κ3) is 5.79. The number of carbonyl (C=O) groups excluding carboxylic acids is 1. The number of ether oxygens (including phenoxy) is 1. The first-order chi connectivity index (χ1) is 15.3. The van der Waals surface area contributed by atoms with Crippen LogP contribution < -0.4 is 5.32 Å². The first kappa shape index (κ1) is 23.6. The molecule has 0 saturated heterocycles. The van der Waals surface area contributed by atoms with Gasteiger partial charge in [0.15, 0.2) is 0 Å². The van der Waals surface area contributed by atoms with Crippen LogP contribution in [0.2, 0.25) is 0 Å². The number of benzene rings is 3. The molecule has 0 fully saturated rings. The summed E-state index contributed by atoms with van der Waals surface area (Å²) in [7, 11) is -1.40. The molecule has 32 heavy (non-hydrogen) atoms. The maximum Gasteiger partial charge on any atom is 0.251 e. The van der Waals surface area contributed by atoms with Crippen LogP contribution in [-0.2, 0) is 34.5 Å². The summed E-state index contributed by atoms with van der Waals surface area (Å²) in [5, 5.41) is 2.77. The number of hydrogen-bond acceptors (Lipinski definition) is 4. The molecule has 8 heteroatoms. The van der Waals surface area contributed by atoms with Crippen molar-refractivity contribution in [3.8, 4) is 0 Å². The highest BCUT2D eigenvalue weighted by Gasteiger charge is 2.23. The third-order valence-electron chi connectivity index (χ3n) is 4.88. The van der Waals surface area contributed by atoms with Crippen molar-refractivity contribution in [2.75, 3.05) is 14.1 Å². The summed E-state index contributed by atoms with van der Waals surface area (Å²) < 4.78 is 45.4. The third-order valence-corrected chi connectivity index (χ3v) is 6.71. The zero-order chi connectivity index (χ0) is 23.1. The topological polar surface area (TPSA) is 75.7 Å². The van der Waals surface area contributed by atoms with E-state index in [9.17, 15) is 17.6 Å². The molecular formula is C24H25FN2O4S. The summed E-state index contributed by atoms with van der Waals surface area (Å²) in [6.07, 6.45) is 0. The van der Waals surface area contributed by atoms with Crippen molar-refractivity contribution in [1.82, 2.24) is 9.62 Å². The molecule has 168 valence electrons. The highest BCUT2D eigenvalue weighted by atomic mass is 32.2. The molecule has 0 aromatic heterocycles. The van der Waals surface area contributed by atoms with Gasteiger partial charge >= 0.3 is 0 Å². The molecule has 0 heterocycles. The maximum absolute atomic E-state index is 14.1. The Kier molecular flexibility index (Phi) is 7.74. The fourth-order valence-corrected chi connectivity index (χ4v) is 4.02. The lowest BCUT2D eigenvalue weighted by Gasteiger charge is -2.14. The Balaban J connectivity index is 1.66. The SMILES string of the molecule is CN(C)S(=O)(=O)c1cc(C(=O)NCc2ccccc2COCc2ccccc2)ccc1F. The second kappa shape index (κ2) is 10.5. The van der Waals surface area contributed by atoms with E-state index in [1.54, 1.807) is 0 Å². The van der Waals surface area contributed by atoms with E-state index in [4.69, 9.17) is 4.74 Å². The molecule has 0 aliphatic carbocycles. The lowest BCUT2D eigenvalue weighted by molar-refractivity contribution is 0.0947. The molecule has 0 saturated carbocycles. The predicted octanol–water partition coefficient (Wildman–Crippen LogP) is 3.72. The molecule has 3 rings (SSSR count). The number of rotatable bonds is 9. The molecule has 6 nitrogen and oxygen atoms in total. The van der Waals surface area contributed by atoms with E-state index in [1.165, 1.54) is 20.2 Å². The van der Waals surface area contributed by atoms with E-state index < -0.39 is 26.6 Å². The van der Waals surface area contributed by atoms with Gasteiger partial charge in [-0.05, 0) is 34.9 Å². The van der Waals surface area contributed by atoms with Crippen molar-refractivity contribution in [1.29, 1.82) is 0 Å². The van der Waals surface area contributed by atoms with Crippen LogP contribution in [0.3, 0.4) is 0 Å². The summed E-state index contributed by atoms with van der Waals surface area (Å²) in [4.78, 5) is 12.1. The van der Waals surface area contributed by atoms with Crippen LogP contribution in [0.5, 0.6) is 0 Å². The van der Waals surface area contributed by atoms with E-state index in [2.05, 4.69) is 5.32 Å². The second-order valence-electron chi connectivity index (χ2n) is 7.36. The largest absolute Gasteiger partial charge is 0.372 e. The van der Waals surface area contributed by atoms with Gasteiger partial charge in [0.05, 0.1) is 13.2 Å². The van der Waals surface area contributed by atoms with Gasteiger partial charge in [-0.25, -0.2) is 17.1 Å². The summed E-state index contributed by atoms with van der Waals surface area (Å²) in [5.74, 6) is -1.41. The Labute approximate surface area is 187 Å². The molecule has 3 aromatic rings. The monoisotopic (exact) mass is 456 g/mol. The van der Waals surface area contributed by atoms with Crippen LogP contribution in [0, 0.1) is 5.82 Å². The van der Waals surface area contributed by atoms with E-state index in [-0.39, 0.29) is 12.1 Å². The number of nitrogens with one attached hydrogen (secondary N) is 1. The van der Waals surface area contributed by atoms with Gasteiger partial charge in [-0.15, -0.1) is 0 Å². The van der Waals surface area contributed by atoms with Crippen LogP contribution in [0.25, 0.3) is 0 Å².